The molecule has 1 aromatic heterocycles. The van der Waals surface area contributed by atoms with Crippen LogP contribution in [0.5, 0.6) is 11.5 Å². The molecule has 0 fully saturated rings. The highest BCUT2D eigenvalue weighted by Crippen LogP contribution is 2.29. The highest BCUT2D eigenvalue weighted by atomic mass is 19.4. The zero-order valence-corrected chi connectivity index (χ0v) is 12.5. The van der Waals surface area contributed by atoms with Gasteiger partial charge in [-0.05, 0) is 24.3 Å². The molecule has 0 radical (unpaired) electrons. The van der Waals surface area contributed by atoms with Gasteiger partial charge < -0.3 is 20.5 Å². The Bertz CT molecular complexity index is 678. The number of nitrogens with zero attached hydrogens (tertiary/aromatic N) is 2. The molecule has 3 N–H and O–H groups in total. The summed E-state index contributed by atoms with van der Waals surface area (Å²) in [6, 6.07) is 9.00. The Morgan fingerprint density at radius 3 is 2.71 bits per heavy atom. The van der Waals surface area contributed by atoms with Gasteiger partial charge in [-0.3, -0.25) is 4.98 Å². The number of ether oxygens (including phenoxy) is 2. The number of anilines is 1. The zero-order valence-electron chi connectivity index (χ0n) is 12.5. The van der Waals surface area contributed by atoms with Gasteiger partial charge >= 0.3 is 6.36 Å². The highest BCUT2D eigenvalue weighted by Gasteiger charge is 2.32. The molecule has 0 aliphatic rings. The summed E-state index contributed by atoms with van der Waals surface area (Å²) in [5.41, 5.74) is 5.71. The van der Waals surface area contributed by atoms with E-state index in [4.69, 9.17) is 10.5 Å². The first-order chi connectivity index (χ1) is 11.4. The molecule has 0 amide bonds. The van der Waals surface area contributed by atoms with E-state index in [0.717, 1.165) is 0 Å². The van der Waals surface area contributed by atoms with Gasteiger partial charge in [-0.25, -0.2) is 4.99 Å². The second-order valence-corrected chi connectivity index (χ2v) is 4.47. The van der Waals surface area contributed by atoms with Crippen molar-refractivity contribution < 1.29 is 22.6 Å². The van der Waals surface area contributed by atoms with Crippen LogP contribution >= 0.6 is 0 Å². The summed E-state index contributed by atoms with van der Waals surface area (Å²) in [5, 5.41) is 2.57. The number of aliphatic imine (C=N–C) groups is 1. The first-order valence-corrected chi connectivity index (χ1v) is 6.88. The van der Waals surface area contributed by atoms with E-state index in [2.05, 4.69) is 20.0 Å². The van der Waals surface area contributed by atoms with Gasteiger partial charge in [-0.15, -0.1) is 13.2 Å². The van der Waals surface area contributed by atoms with E-state index in [0.29, 0.717) is 5.75 Å². The molecule has 6 nitrogen and oxygen atoms in total. The summed E-state index contributed by atoms with van der Waals surface area (Å²) < 4.78 is 46.3. The SMILES string of the molecule is NC(=NCCOc1cccnc1)Nc1ccccc1OC(F)(F)F. The first kappa shape index (κ1) is 17.4. The molecule has 24 heavy (non-hydrogen) atoms. The fourth-order valence-corrected chi connectivity index (χ4v) is 1.72. The van der Waals surface area contributed by atoms with Crippen LogP contribution in [0.3, 0.4) is 0 Å². The summed E-state index contributed by atoms with van der Waals surface area (Å²) >= 11 is 0. The maximum atomic E-state index is 12.3. The molecule has 0 unspecified atom stereocenters. The maximum absolute atomic E-state index is 12.3. The van der Waals surface area contributed by atoms with Crippen LogP contribution in [0.25, 0.3) is 0 Å². The number of pyridine rings is 1. The summed E-state index contributed by atoms with van der Waals surface area (Å²) in [6.07, 6.45) is -1.62. The van der Waals surface area contributed by atoms with Crippen LogP contribution in [-0.2, 0) is 0 Å². The average Bonchev–Trinajstić information content (AvgIpc) is 2.53. The Balaban J connectivity index is 1.88. The minimum Gasteiger partial charge on any atom is -0.490 e. The van der Waals surface area contributed by atoms with Crippen molar-refractivity contribution in [1.29, 1.82) is 0 Å². The van der Waals surface area contributed by atoms with Gasteiger partial charge in [-0.2, -0.15) is 0 Å². The van der Waals surface area contributed by atoms with E-state index in [1.165, 1.54) is 18.2 Å². The van der Waals surface area contributed by atoms with Gasteiger partial charge in [0.1, 0.15) is 12.4 Å². The van der Waals surface area contributed by atoms with Crippen LogP contribution in [0.4, 0.5) is 18.9 Å². The van der Waals surface area contributed by atoms with E-state index < -0.39 is 12.1 Å². The van der Waals surface area contributed by atoms with Crippen molar-refractivity contribution in [2.24, 2.45) is 10.7 Å². The minimum atomic E-state index is -4.79. The quantitative estimate of drug-likeness (QED) is 0.480. The molecule has 0 bridgehead atoms. The van der Waals surface area contributed by atoms with E-state index in [1.807, 2.05) is 0 Å². The molecule has 2 aromatic rings. The number of guanidine groups is 1. The minimum absolute atomic E-state index is 0.0528. The summed E-state index contributed by atoms with van der Waals surface area (Å²) in [4.78, 5) is 7.86. The van der Waals surface area contributed by atoms with Crippen molar-refractivity contribution in [2.45, 2.75) is 6.36 Å². The lowest BCUT2D eigenvalue weighted by Gasteiger charge is -2.14. The van der Waals surface area contributed by atoms with E-state index in [-0.39, 0.29) is 24.8 Å². The van der Waals surface area contributed by atoms with Crippen molar-refractivity contribution in [2.75, 3.05) is 18.5 Å². The van der Waals surface area contributed by atoms with Gasteiger partial charge in [-0.1, -0.05) is 12.1 Å². The number of rotatable bonds is 6. The summed E-state index contributed by atoms with van der Waals surface area (Å²) in [5.74, 6) is 0.140. The molecular weight excluding hydrogens is 325 g/mol. The number of benzene rings is 1. The monoisotopic (exact) mass is 340 g/mol. The number of nitrogens with one attached hydrogen (secondary N) is 1. The van der Waals surface area contributed by atoms with Crippen molar-refractivity contribution in [3.8, 4) is 11.5 Å². The fourth-order valence-electron chi connectivity index (χ4n) is 1.72. The summed E-state index contributed by atoms with van der Waals surface area (Å²) in [6.45, 7) is 0.463. The van der Waals surface area contributed by atoms with Crippen LogP contribution in [0.15, 0.2) is 53.8 Å². The Labute approximate surface area is 136 Å². The van der Waals surface area contributed by atoms with Crippen LogP contribution in [0, 0.1) is 0 Å². The molecule has 0 saturated carbocycles. The van der Waals surface area contributed by atoms with E-state index in [1.54, 1.807) is 30.6 Å². The Morgan fingerprint density at radius 2 is 2.00 bits per heavy atom. The molecule has 2 rings (SSSR count). The second kappa shape index (κ2) is 8.04. The predicted molar refractivity (Wildman–Crippen MR) is 83.0 cm³/mol. The van der Waals surface area contributed by atoms with Gasteiger partial charge in [0.25, 0.3) is 0 Å². The van der Waals surface area contributed by atoms with Crippen molar-refractivity contribution in [3.63, 3.8) is 0 Å². The standard InChI is InChI=1S/C15H15F3N4O2/c16-15(17,18)24-13-6-2-1-5-12(13)22-14(19)21-8-9-23-11-4-3-7-20-10-11/h1-7,10H,8-9H2,(H3,19,21,22). The van der Waals surface area contributed by atoms with Gasteiger partial charge in [0, 0.05) is 6.20 Å². The van der Waals surface area contributed by atoms with Crippen LogP contribution in [0.2, 0.25) is 0 Å². The smallest absolute Gasteiger partial charge is 0.490 e. The molecule has 1 heterocycles. The first-order valence-electron chi connectivity index (χ1n) is 6.88. The molecule has 0 aliphatic carbocycles. The highest BCUT2D eigenvalue weighted by molar-refractivity contribution is 5.93. The van der Waals surface area contributed by atoms with Crippen LogP contribution in [-0.4, -0.2) is 30.5 Å². The topological polar surface area (TPSA) is 81.8 Å². The van der Waals surface area contributed by atoms with Crippen LogP contribution < -0.4 is 20.5 Å². The van der Waals surface area contributed by atoms with Gasteiger partial charge in [0.05, 0.1) is 18.4 Å². The lowest BCUT2D eigenvalue weighted by Crippen LogP contribution is -2.25. The molecule has 1 aromatic carbocycles. The predicted octanol–water partition coefficient (Wildman–Crippen LogP) is 2.79. The Hall–Kier alpha value is -2.97. The third-order valence-electron chi connectivity index (χ3n) is 2.65. The normalized spacial score (nSPS) is 11.9. The second-order valence-electron chi connectivity index (χ2n) is 4.47. The number of para-hydroxylation sites is 2. The molecule has 0 atom stereocenters. The van der Waals surface area contributed by atoms with E-state index >= 15 is 0 Å². The van der Waals surface area contributed by atoms with Gasteiger partial charge in [0.15, 0.2) is 11.7 Å². The third kappa shape index (κ3) is 6.03. The van der Waals surface area contributed by atoms with E-state index in [9.17, 15) is 13.2 Å². The lowest BCUT2D eigenvalue weighted by atomic mass is 10.3. The third-order valence-corrected chi connectivity index (χ3v) is 2.65. The fraction of sp³-hybridized carbons (Fsp3) is 0.200. The number of aromatic nitrogens is 1. The molecular formula is C15H15F3N4O2. The average molecular weight is 340 g/mol. The number of nitrogens with two attached hydrogens (primary N) is 1. The lowest BCUT2D eigenvalue weighted by molar-refractivity contribution is -0.274. The van der Waals surface area contributed by atoms with Crippen molar-refractivity contribution >= 4 is 11.6 Å². The number of alkyl halides is 3. The molecule has 128 valence electrons. The van der Waals surface area contributed by atoms with Crippen molar-refractivity contribution in [1.82, 2.24) is 4.98 Å². The molecule has 0 spiro atoms. The number of hydrogen-bond acceptors (Lipinski definition) is 4. The Morgan fingerprint density at radius 1 is 1.21 bits per heavy atom. The molecule has 0 saturated heterocycles. The molecule has 9 heteroatoms. The summed E-state index contributed by atoms with van der Waals surface area (Å²) in [7, 11) is 0. The number of hydrogen-bond donors (Lipinski definition) is 2. The zero-order chi connectivity index (χ0) is 17.4. The Kier molecular flexibility index (Phi) is 5.83. The maximum Gasteiger partial charge on any atom is 0.573 e. The van der Waals surface area contributed by atoms with Gasteiger partial charge in [0.2, 0.25) is 0 Å². The van der Waals surface area contributed by atoms with Crippen LogP contribution in [0.1, 0.15) is 0 Å². The van der Waals surface area contributed by atoms with Crippen molar-refractivity contribution in [3.05, 3.63) is 48.8 Å². The molecule has 0 aliphatic heterocycles. The number of halogens is 3. The largest absolute Gasteiger partial charge is 0.573 e.